The van der Waals surface area contributed by atoms with Crippen LogP contribution in [0.3, 0.4) is 0 Å². The molecule has 2 aliphatic carbocycles. The molecule has 2 fully saturated rings. The number of rotatable bonds is 6. The van der Waals surface area contributed by atoms with E-state index >= 15 is 0 Å². The summed E-state index contributed by atoms with van der Waals surface area (Å²) in [6, 6.07) is 7.78. The van der Waals surface area contributed by atoms with E-state index in [4.69, 9.17) is 4.98 Å². The van der Waals surface area contributed by atoms with Crippen molar-refractivity contribution in [3.05, 3.63) is 41.7 Å². The predicted octanol–water partition coefficient (Wildman–Crippen LogP) is 5.59. The van der Waals surface area contributed by atoms with Crippen LogP contribution in [0.25, 0.3) is 11.3 Å². The van der Waals surface area contributed by atoms with Crippen molar-refractivity contribution >= 4 is 11.7 Å². The Bertz CT molecular complexity index is 838. The third kappa shape index (κ3) is 5.25. The summed E-state index contributed by atoms with van der Waals surface area (Å²) >= 11 is 0. The van der Waals surface area contributed by atoms with E-state index in [0.717, 1.165) is 48.2 Å². The molecule has 30 heavy (non-hydrogen) atoms. The van der Waals surface area contributed by atoms with Gasteiger partial charge in [-0.25, -0.2) is 9.97 Å². The van der Waals surface area contributed by atoms with Crippen LogP contribution in [0.4, 0.5) is 5.82 Å². The Balaban J connectivity index is 1.55. The van der Waals surface area contributed by atoms with Gasteiger partial charge in [-0.2, -0.15) is 0 Å². The fraction of sp³-hybridized carbons (Fsp3) is 0.560. The monoisotopic (exact) mass is 407 g/mol. The van der Waals surface area contributed by atoms with Crippen LogP contribution in [-0.4, -0.2) is 21.0 Å². The van der Waals surface area contributed by atoms with Crippen molar-refractivity contribution in [1.29, 1.82) is 0 Å². The van der Waals surface area contributed by atoms with E-state index in [1.165, 1.54) is 38.5 Å². The first-order chi connectivity index (χ1) is 14.7. The van der Waals surface area contributed by atoms with Crippen molar-refractivity contribution in [2.24, 2.45) is 5.92 Å². The fourth-order valence-electron chi connectivity index (χ4n) is 4.92. The van der Waals surface area contributed by atoms with Gasteiger partial charge in [0.15, 0.2) is 5.82 Å². The molecule has 1 aromatic carbocycles. The second-order valence-corrected chi connectivity index (χ2v) is 8.94. The molecule has 4 rings (SSSR count). The molecule has 0 saturated heterocycles. The number of nitrogens with zero attached hydrogens (tertiary/aromatic N) is 2. The number of hydrogen-bond donors (Lipinski definition) is 2. The minimum atomic E-state index is 0.0330. The Morgan fingerprint density at radius 2 is 1.63 bits per heavy atom. The fourth-order valence-corrected chi connectivity index (χ4v) is 4.92. The molecule has 0 bridgehead atoms. The number of hydrogen-bond acceptors (Lipinski definition) is 4. The van der Waals surface area contributed by atoms with Gasteiger partial charge >= 0.3 is 0 Å². The smallest absolute Gasteiger partial charge is 0.225 e. The number of carbonyl (C=O) groups excluding carboxylic acids is 1. The Kier molecular flexibility index (Phi) is 7.11. The molecule has 2 aromatic rings. The molecule has 2 saturated carbocycles. The highest BCUT2D eigenvalue weighted by atomic mass is 16.3. The first-order valence-corrected chi connectivity index (χ1v) is 11.6. The minimum absolute atomic E-state index is 0.0330. The zero-order valence-corrected chi connectivity index (χ0v) is 17.8. The van der Waals surface area contributed by atoms with Crippen molar-refractivity contribution in [3.63, 3.8) is 0 Å². The number of aromatic nitrogens is 2. The van der Waals surface area contributed by atoms with Crippen LogP contribution in [0.15, 0.2) is 30.5 Å². The van der Waals surface area contributed by atoms with Crippen LogP contribution >= 0.6 is 0 Å². The first kappa shape index (κ1) is 21.0. The van der Waals surface area contributed by atoms with Crippen molar-refractivity contribution in [1.82, 2.24) is 9.97 Å². The maximum atomic E-state index is 12.7. The molecule has 1 amide bonds. The van der Waals surface area contributed by atoms with Gasteiger partial charge in [0.1, 0.15) is 0 Å². The van der Waals surface area contributed by atoms with Gasteiger partial charge in [0.25, 0.3) is 0 Å². The molecule has 0 atom stereocenters. The Labute approximate surface area is 179 Å². The molecule has 0 spiro atoms. The third-order valence-corrected chi connectivity index (χ3v) is 6.68. The molecular formula is C25H33N3O2. The highest BCUT2D eigenvalue weighted by Gasteiger charge is 2.24. The van der Waals surface area contributed by atoms with Gasteiger partial charge in [-0.3, -0.25) is 4.79 Å². The second-order valence-electron chi connectivity index (χ2n) is 8.94. The molecule has 2 N–H and O–H groups in total. The highest BCUT2D eigenvalue weighted by Crippen LogP contribution is 2.36. The summed E-state index contributed by atoms with van der Waals surface area (Å²) in [5, 5.41) is 12.4. The van der Waals surface area contributed by atoms with Gasteiger partial charge in [-0.05, 0) is 37.2 Å². The molecule has 5 heteroatoms. The summed E-state index contributed by atoms with van der Waals surface area (Å²) in [4.78, 5) is 22.4. The predicted molar refractivity (Wildman–Crippen MR) is 119 cm³/mol. The zero-order chi connectivity index (χ0) is 20.8. The summed E-state index contributed by atoms with van der Waals surface area (Å²) in [6.45, 7) is 0.0330. The van der Waals surface area contributed by atoms with E-state index in [9.17, 15) is 9.90 Å². The number of carbonyl (C=O) groups is 1. The second kappa shape index (κ2) is 10.2. The zero-order valence-electron chi connectivity index (χ0n) is 17.8. The summed E-state index contributed by atoms with van der Waals surface area (Å²) in [5.41, 5.74) is 3.63. The van der Waals surface area contributed by atoms with Crippen molar-refractivity contribution < 1.29 is 9.90 Å². The third-order valence-electron chi connectivity index (χ3n) is 6.68. The number of aliphatic hydroxyl groups is 1. The van der Waals surface area contributed by atoms with Crippen LogP contribution in [0.2, 0.25) is 0 Å². The number of anilines is 1. The standard InChI is InChI=1S/C25H33N3O2/c29-17-19-11-13-20(14-12-19)22-16-26-25(24(27-22)21-9-5-2-6-10-21)28-23(30)15-18-7-3-1-4-8-18/h11-14,16,18,21,29H,1-10,15,17H2,(H,26,28,30). The molecule has 2 aliphatic rings. The number of amides is 1. The number of benzene rings is 1. The largest absolute Gasteiger partial charge is 0.392 e. The molecule has 160 valence electrons. The Morgan fingerprint density at radius 3 is 2.30 bits per heavy atom. The average Bonchev–Trinajstić information content (AvgIpc) is 2.80. The van der Waals surface area contributed by atoms with E-state index in [0.29, 0.717) is 24.1 Å². The van der Waals surface area contributed by atoms with Crippen LogP contribution in [0, 0.1) is 5.92 Å². The lowest BCUT2D eigenvalue weighted by atomic mass is 9.86. The van der Waals surface area contributed by atoms with Gasteiger partial charge in [-0.1, -0.05) is 62.8 Å². The van der Waals surface area contributed by atoms with Crippen molar-refractivity contribution in [3.8, 4) is 11.3 Å². The van der Waals surface area contributed by atoms with E-state index in [1.54, 1.807) is 6.20 Å². The van der Waals surface area contributed by atoms with Gasteiger partial charge in [0.05, 0.1) is 24.2 Å². The summed E-state index contributed by atoms with van der Waals surface area (Å²) in [6.07, 6.45) is 14.4. The highest BCUT2D eigenvalue weighted by molar-refractivity contribution is 5.90. The normalized spacial score (nSPS) is 18.3. The maximum Gasteiger partial charge on any atom is 0.225 e. The van der Waals surface area contributed by atoms with E-state index in [1.807, 2.05) is 24.3 Å². The first-order valence-electron chi connectivity index (χ1n) is 11.6. The van der Waals surface area contributed by atoms with Crippen LogP contribution in [0.1, 0.15) is 87.8 Å². The molecule has 1 heterocycles. The van der Waals surface area contributed by atoms with Gasteiger partial charge in [-0.15, -0.1) is 0 Å². The number of nitrogens with one attached hydrogen (secondary N) is 1. The minimum Gasteiger partial charge on any atom is -0.392 e. The van der Waals surface area contributed by atoms with Gasteiger partial charge in [0, 0.05) is 17.9 Å². The van der Waals surface area contributed by atoms with E-state index in [-0.39, 0.29) is 12.5 Å². The van der Waals surface area contributed by atoms with Gasteiger partial charge < -0.3 is 10.4 Å². The van der Waals surface area contributed by atoms with Crippen LogP contribution in [-0.2, 0) is 11.4 Å². The average molecular weight is 408 g/mol. The molecular weight excluding hydrogens is 374 g/mol. The van der Waals surface area contributed by atoms with E-state index < -0.39 is 0 Å². The molecule has 5 nitrogen and oxygen atoms in total. The SMILES string of the molecule is O=C(CC1CCCCC1)Nc1ncc(-c2ccc(CO)cc2)nc1C1CCCCC1. The van der Waals surface area contributed by atoms with Crippen molar-refractivity contribution in [2.45, 2.75) is 83.2 Å². The van der Waals surface area contributed by atoms with Crippen LogP contribution < -0.4 is 5.32 Å². The van der Waals surface area contributed by atoms with Gasteiger partial charge in [0.2, 0.25) is 5.91 Å². The van der Waals surface area contributed by atoms with Crippen LogP contribution in [0.5, 0.6) is 0 Å². The van der Waals surface area contributed by atoms with E-state index in [2.05, 4.69) is 10.3 Å². The summed E-state index contributed by atoms with van der Waals surface area (Å²) in [7, 11) is 0. The lowest BCUT2D eigenvalue weighted by molar-refractivity contribution is -0.117. The molecule has 0 aliphatic heterocycles. The lowest BCUT2D eigenvalue weighted by Crippen LogP contribution is -2.21. The number of aliphatic hydroxyl groups excluding tert-OH is 1. The molecule has 1 aromatic heterocycles. The Morgan fingerprint density at radius 1 is 0.967 bits per heavy atom. The molecule has 0 unspecified atom stereocenters. The van der Waals surface area contributed by atoms with Crippen molar-refractivity contribution in [2.75, 3.05) is 5.32 Å². The summed E-state index contributed by atoms with van der Waals surface area (Å²) < 4.78 is 0. The summed E-state index contributed by atoms with van der Waals surface area (Å²) in [5.74, 6) is 1.59. The lowest BCUT2D eigenvalue weighted by Gasteiger charge is -2.24. The topological polar surface area (TPSA) is 75.1 Å². The quantitative estimate of drug-likeness (QED) is 0.654. The maximum absolute atomic E-state index is 12.7. The Hall–Kier alpha value is -2.27. The molecule has 0 radical (unpaired) electrons.